The molecular formula is C11H11Br2NO. The first kappa shape index (κ1) is 12.5. The first-order valence-electron chi connectivity index (χ1n) is 4.38. The number of hydrogen-bond donors (Lipinski definition) is 1. The molecule has 0 saturated heterocycles. The highest BCUT2D eigenvalue weighted by Crippen LogP contribution is 2.17. The standard InChI is InChI=1S/C11H11Br2NO/c1-7-5-9(3-4-10(7)13)11(15)14-6-8(2)12/h3-5H,2,6H2,1H3,(H,14,15). The van der Waals surface area contributed by atoms with Crippen LogP contribution in [0.15, 0.2) is 33.7 Å². The van der Waals surface area contributed by atoms with Crippen molar-refractivity contribution in [1.29, 1.82) is 0 Å². The van der Waals surface area contributed by atoms with E-state index in [9.17, 15) is 4.79 Å². The topological polar surface area (TPSA) is 29.1 Å². The van der Waals surface area contributed by atoms with Crippen LogP contribution in [0.4, 0.5) is 0 Å². The molecule has 0 aromatic heterocycles. The molecule has 2 nitrogen and oxygen atoms in total. The number of benzene rings is 1. The molecule has 0 fully saturated rings. The molecule has 80 valence electrons. The summed E-state index contributed by atoms with van der Waals surface area (Å²) in [5.41, 5.74) is 1.70. The summed E-state index contributed by atoms with van der Waals surface area (Å²) < 4.78 is 1.76. The number of amides is 1. The van der Waals surface area contributed by atoms with Gasteiger partial charge in [-0.2, -0.15) is 0 Å². The first-order valence-corrected chi connectivity index (χ1v) is 5.97. The van der Waals surface area contributed by atoms with Crippen molar-refractivity contribution in [2.45, 2.75) is 6.92 Å². The number of aryl methyl sites for hydroxylation is 1. The van der Waals surface area contributed by atoms with E-state index < -0.39 is 0 Å². The monoisotopic (exact) mass is 331 g/mol. The molecule has 15 heavy (non-hydrogen) atoms. The summed E-state index contributed by atoms with van der Waals surface area (Å²) in [5.74, 6) is -0.0915. The number of halogens is 2. The molecule has 0 saturated carbocycles. The molecule has 0 spiro atoms. The zero-order valence-corrected chi connectivity index (χ0v) is 11.5. The van der Waals surface area contributed by atoms with E-state index in [1.165, 1.54) is 0 Å². The summed E-state index contributed by atoms with van der Waals surface area (Å²) in [7, 11) is 0. The lowest BCUT2D eigenvalue weighted by atomic mass is 10.1. The second-order valence-electron chi connectivity index (χ2n) is 3.16. The van der Waals surface area contributed by atoms with Gasteiger partial charge in [-0.05, 0) is 30.7 Å². The van der Waals surface area contributed by atoms with Crippen molar-refractivity contribution in [1.82, 2.24) is 5.32 Å². The Balaban J connectivity index is 2.74. The van der Waals surface area contributed by atoms with Gasteiger partial charge in [-0.15, -0.1) is 0 Å². The Labute approximate surface area is 106 Å². The largest absolute Gasteiger partial charge is 0.347 e. The summed E-state index contributed by atoms with van der Waals surface area (Å²) in [6.45, 7) is 6.03. The van der Waals surface area contributed by atoms with Gasteiger partial charge >= 0.3 is 0 Å². The highest BCUT2D eigenvalue weighted by atomic mass is 79.9. The van der Waals surface area contributed by atoms with Crippen molar-refractivity contribution in [2.24, 2.45) is 0 Å². The Morgan fingerprint density at radius 1 is 1.53 bits per heavy atom. The van der Waals surface area contributed by atoms with Gasteiger partial charge in [0.25, 0.3) is 5.91 Å². The van der Waals surface area contributed by atoms with Crippen LogP contribution in [0.5, 0.6) is 0 Å². The Morgan fingerprint density at radius 3 is 2.73 bits per heavy atom. The maximum absolute atomic E-state index is 11.6. The van der Waals surface area contributed by atoms with E-state index in [0.29, 0.717) is 12.1 Å². The van der Waals surface area contributed by atoms with E-state index in [4.69, 9.17) is 0 Å². The van der Waals surface area contributed by atoms with Crippen LogP contribution in [0, 0.1) is 6.92 Å². The van der Waals surface area contributed by atoms with Crippen LogP contribution in [0.25, 0.3) is 0 Å². The van der Waals surface area contributed by atoms with Crippen LogP contribution in [-0.4, -0.2) is 12.5 Å². The molecule has 1 aromatic carbocycles. The van der Waals surface area contributed by atoms with Gasteiger partial charge in [0, 0.05) is 21.1 Å². The minimum atomic E-state index is -0.0915. The molecule has 0 aliphatic carbocycles. The Kier molecular flexibility index (Phi) is 4.54. The zero-order chi connectivity index (χ0) is 11.4. The fourth-order valence-electron chi connectivity index (χ4n) is 1.06. The molecule has 1 aromatic rings. The van der Waals surface area contributed by atoms with Crippen LogP contribution < -0.4 is 5.32 Å². The summed E-state index contributed by atoms with van der Waals surface area (Å²) in [6.07, 6.45) is 0. The second kappa shape index (κ2) is 5.47. The van der Waals surface area contributed by atoms with Crippen molar-refractivity contribution in [3.63, 3.8) is 0 Å². The quantitative estimate of drug-likeness (QED) is 0.903. The maximum atomic E-state index is 11.6. The molecule has 0 atom stereocenters. The van der Waals surface area contributed by atoms with Crippen LogP contribution in [0.1, 0.15) is 15.9 Å². The van der Waals surface area contributed by atoms with Crippen LogP contribution in [0.3, 0.4) is 0 Å². The lowest BCUT2D eigenvalue weighted by Gasteiger charge is -2.05. The fourth-order valence-corrected chi connectivity index (χ4v) is 1.45. The highest BCUT2D eigenvalue weighted by molar-refractivity contribution is 9.11. The van der Waals surface area contributed by atoms with E-state index in [2.05, 4.69) is 43.8 Å². The van der Waals surface area contributed by atoms with E-state index in [1.807, 2.05) is 19.1 Å². The molecule has 1 rings (SSSR count). The number of carbonyl (C=O) groups excluding carboxylic acids is 1. The van der Waals surface area contributed by atoms with Gasteiger partial charge in [0.1, 0.15) is 0 Å². The highest BCUT2D eigenvalue weighted by Gasteiger charge is 2.06. The number of hydrogen-bond acceptors (Lipinski definition) is 1. The molecule has 0 unspecified atom stereocenters. The van der Waals surface area contributed by atoms with Crippen LogP contribution in [-0.2, 0) is 0 Å². The second-order valence-corrected chi connectivity index (χ2v) is 5.14. The third-order valence-corrected chi connectivity index (χ3v) is 3.03. The molecule has 0 radical (unpaired) electrons. The molecule has 0 aliphatic rings. The normalized spacial score (nSPS) is 9.80. The predicted molar refractivity (Wildman–Crippen MR) is 69.3 cm³/mol. The summed E-state index contributed by atoms with van der Waals surface area (Å²) in [6, 6.07) is 5.49. The van der Waals surface area contributed by atoms with Gasteiger partial charge in [-0.25, -0.2) is 0 Å². The van der Waals surface area contributed by atoms with Crippen molar-refractivity contribution in [2.75, 3.05) is 6.54 Å². The van der Waals surface area contributed by atoms with Gasteiger partial charge in [0.2, 0.25) is 0 Å². The number of rotatable bonds is 3. The predicted octanol–water partition coefficient (Wildman–Crippen LogP) is 3.40. The Morgan fingerprint density at radius 2 is 2.20 bits per heavy atom. The molecule has 4 heteroatoms. The summed E-state index contributed by atoms with van der Waals surface area (Å²) in [5, 5.41) is 2.74. The Bertz CT molecular complexity index is 402. The minimum absolute atomic E-state index is 0.0915. The molecular weight excluding hydrogens is 322 g/mol. The lowest BCUT2D eigenvalue weighted by Crippen LogP contribution is -2.24. The third kappa shape index (κ3) is 3.80. The van der Waals surface area contributed by atoms with Gasteiger partial charge in [-0.3, -0.25) is 4.79 Å². The van der Waals surface area contributed by atoms with Crippen molar-refractivity contribution < 1.29 is 4.79 Å². The number of nitrogens with one attached hydrogen (secondary N) is 1. The van der Waals surface area contributed by atoms with Crippen LogP contribution >= 0.6 is 31.9 Å². The molecule has 0 aliphatic heterocycles. The van der Waals surface area contributed by atoms with Gasteiger partial charge in [0.05, 0.1) is 0 Å². The van der Waals surface area contributed by atoms with Gasteiger partial charge in [0.15, 0.2) is 0 Å². The van der Waals surface area contributed by atoms with Gasteiger partial charge in [-0.1, -0.05) is 38.4 Å². The minimum Gasteiger partial charge on any atom is -0.347 e. The summed E-state index contributed by atoms with van der Waals surface area (Å²) >= 11 is 6.57. The van der Waals surface area contributed by atoms with Crippen molar-refractivity contribution in [3.8, 4) is 0 Å². The molecule has 0 heterocycles. The summed E-state index contributed by atoms with van der Waals surface area (Å²) in [4.78, 5) is 11.6. The first-order chi connectivity index (χ1) is 7.00. The molecule has 1 N–H and O–H groups in total. The van der Waals surface area contributed by atoms with Crippen molar-refractivity contribution in [3.05, 3.63) is 44.9 Å². The van der Waals surface area contributed by atoms with Crippen molar-refractivity contribution >= 4 is 37.8 Å². The third-order valence-electron chi connectivity index (χ3n) is 1.86. The zero-order valence-electron chi connectivity index (χ0n) is 8.31. The smallest absolute Gasteiger partial charge is 0.251 e. The van der Waals surface area contributed by atoms with Gasteiger partial charge < -0.3 is 5.32 Å². The lowest BCUT2D eigenvalue weighted by molar-refractivity contribution is 0.0957. The SMILES string of the molecule is C=C(Br)CNC(=O)c1ccc(Br)c(C)c1. The van der Waals surface area contributed by atoms with E-state index in [0.717, 1.165) is 14.5 Å². The van der Waals surface area contributed by atoms with E-state index >= 15 is 0 Å². The fraction of sp³-hybridized carbons (Fsp3) is 0.182. The molecule has 1 amide bonds. The van der Waals surface area contributed by atoms with E-state index in [-0.39, 0.29) is 5.91 Å². The van der Waals surface area contributed by atoms with Crippen LogP contribution in [0.2, 0.25) is 0 Å². The van der Waals surface area contributed by atoms with E-state index in [1.54, 1.807) is 6.07 Å². The maximum Gasteiger partial charge on any atom is 0.251 e. The average molecular weight is 333 g/mol. The molecule has 0 bridgehead atoms. The average Bonchev–Trinajstić information content (AvgIpc) is 2.18. The number of carbonyl (C=O) groups is 1. The Hall–Kier alpha value is -0.610.